The molecule has 108 valence electrons. The molecule has 0 spiro atoms. The van der Waals surface area contributed by atoms with E-state index in [2.05, 4.69) is 21.9 Å². The van der Waals surface area contributed by atoms with Crippen molar-refractivity contribution in [2.45, 2.75) is 31.8 Å². The van der Waals surface area contributed by atoms with E-state index in [1.165, 1.54) is 51.0 Å². The van der Waals surface area contributed by atoms with Gasteiger partial charge in [0.2, 0.25) is 0 Å². The van der Waals surface area contributed by atoms with Crippen LogP contribution in [-0.2, 0) is 6.54 Å². The molecule has 1 aromatic carbocycles. The lowest BCUT2D eigenvalue weighted by molar-refractivity contribution is 0.215. The Balaban J connectivity index is 1.63. The monoisotopic (exact) mass is 289 g/mol. The fourth-order valence-corrected chi connectivity index (χ4v) is 3.60. The highest BCUT2D eigenvalue weighted by Crippen LogP contribution is 2.22. The van der Waals surface area contributed by atoms with Crippen molar-refractivity contribution < 1.29 is 0 Å². The largest absolute Gasteiger partial charge is 0.389 e. The molecule has 3 rings (SSSR count). The van der Waals surface area contributed by atoms with Gasteiger partial charge in [0, 0.05) is 24.7 Å². The van der Waals surface area contributed by atoms with Crippen LogP contribution in [0.1, 0.15) is 30.4 Å². The molecular weight excluding hydrogens is 266 g/mol. The van der Waals surface area contributed by atoms with Gasteiger partial charge in [0.05, 0.1) is 0 Å². The Bertz CT molecular complexity index is 471. The molecule has 1 atom stereocenters. The van der Waals surface area contributed by atoms with Crippen LogP contribution in [-0.4, -0.2) is 47.0 Å². The minimum absolute atomic E-state index is 0.480. The first-order chi connectivity index (χ1) is 9.72. The summed E-state index contributed by atoms with van der Waals surface area (Å²) in [6, 6.07) is 9.18. The summed E-state index contributed by atoms with van der Waals surface area (Å²) in [5.41, 5.74) is 7.96. The van der Waals surface area contributed by atoms with Crippen molar-refractivity contribution in [3.63, 3.8) is 0 Å². The number of hydrogen-bond donors (Lipinski definition) is 1. The van der Waals surface area contributed by atoms with E-state index in [4.69, 9.17) is 18.0 Å². The summed E-state index contributed by atoms with van der Waals surface area (Å²) in [5, 5.41) is 0. The van der Waals surface area contributed by atoms with Crippen LogP contribution in [0.15, 0.2) is 24.3 Å². The molecule has 1 aromatic rings. The molecule has 2 saturated heterocycles. The Morgan fingerprint density at radius 2 is 1.90 bits per heavy atom. The Hall–Kier alpha value is -0.970. The highest BCUT2D eigenvalue weighted by Gasteiger charge is 2.28. The van der Waals surface area contributed by atoms with Gasteiger partial charge in [0.1, 0.15) is 4.99 Å². The van der Waals surface area contributed by atoms with Crippen molar-refractivity contribution in [1.29, 1.82) is 0 Å². The second-order valence-electron chi connectivity index (χ2n) is 5.98. The van der Waals surface area contributed by atoms with Crippen LogP contribution in [0.3, 0.4) is 0 Å². The fraction of sp³-hybridized carbons (Fsp3) is 0.562. The van der Waals surface area contributed by atoms with E-state index < -0.39 is 0 Å². The van der Waals surface area contributed by atoms with Crippen LogP contribution in [0.5, 0.6) is 0 Å². The Labute approximate surface area is 126 Å². The van der Waals surface area contributed by atoms with E-state index in [1.807, 2.05) is 12.1 Å². The molecule has 0 amide bonds. The van der Waals surface area contributed by atoms with E-state index in [-0.39, 0.29) is 0 Å². The van der Waals surface area contributed by atoms with E-state index in [9.17, 15) is 0 Å². The van der Waals surface area contributed by atoms with E-state index >= 15 is 0 Å². The minimum Gasteiger partial charge on any atom is -0.389 e. The second kappa shape index (κ2) is 6.20. The molecule has 0 radical (unpaired) electrons. The third-order valence-corrected chi connectivity index (χ3v) is 4.77. The topological polar surface area (TPSA) is 32.5 Å². The van der Waals surface area contributed by atoms with Crippen molar-refractivity contribution in [2.75, 3.05) is 26.2 Å². The highest BCUT2D eigenvalue weighted by molar-refractivity contribution is 7.80. The lowest BCUT2D eigenvalue weighted by Gasteiger charge is -2.25. The van der Waals surface area contributed by atoms with Crippen molar-refractivity contribution >= 4 is 17.2 Å². The lowest BCUT2D eigenvalue weighted by atomic mass is 10.1. The average molecular weight is 289 g/mol. The normalized spacial score (nSPS) is 24.3. The zero-order valence-electron chi connectivity index (χ0n) is 11.9. The molecule has 2 N–H and O–H groups in total. The maximum Gasteiger partial charge on any atom is 0.103 e. The lowest BCUT2D eigenvalue weighted by Crippen LogP contribution is -2.36. The van der Waals surface area contributed by atoms with Gasteiger partial charge in [-0.25, -0.2) is 0 Å². The molecule has 1 unspecified atom stereocenters. The van der Waals surface area contributed by atoms with Crippen LogP contribution in [0.25, 0.3) is 0 Å². The Morgan fingerprint density at radius 1 is 1.15 bits per heavy atom. The molecule has 2 heterocycles. The molecular formula is C16H23N3S. The van der Waals surface area contributed by atoms with Crippen molar-refractivity contribution in [2.24, 2.45) is 5.73 Å². The van der Waals surface area contributed by atoms with Crippen molar-refractivity contribution in [1.82, 2.24) is 9.80 Å². The van der Waals surface area contributed by atoms with Gasteiger partial charge < -0.3 is 5.73 Å². The molecule has 0 saturated carbocycles. The molecule has 0 aliphatic carbocycles. The Morgan fingerprint density at radius 3 is 2.65 bits per heavy atom. The summed E-state index contributed by atoms with van der Waals surface area (Å²) in [4.78, 5) is 5.76. The average Bonchev–Trinajstić information content (AvgIpc) is 2.78. The highest BCUT2D eigenvalue weighted by atomic mass is 32.1. The smallest absolute Gasteiger partial charge is 0.103 e. The minimum atomic E-state index is 0.480. The van der Waals surface area contributed by atoms with Gasteiger partial charge in [-0.2, -0.15) is 0 Å². The number of thiocarbonyl (C=S) groups is 1. The van der Waals surface area contributed by atoms with Gasteiger partial charge in [-0.05, 0) is 44.5 Å². The maximum atomic E-state index is 5.64. The van der Waals surface area contributed by atoms with Crippen LogP contribution in [0.2, 0.25) is 0 Å². The molecule has 4 heteroatoms. The Kier molecular flexibility index (Phi) is 4.34. The number of hydrogen-bond acceptors (Lipinski definition) is 3. The van der Waals surface area contributed by atoms with E-state index in [0.717, 1.165) is 18.2 Å². The standard InChI is InChI=1S/C16H23N3S/c17-16(20)14-6-4-13(5-7-14)11-18-8-2-10-19-9-1-3-15(19)12-18/h4-7,15H,1-3,8-12H2,(H2,17,20). The van der Waals surface area contributed by atoms with Crippen LogP contribution < -0.4 is 5.73 Å². The molecule has 3 nitrogen and oxygen atoms in total. The molecule has 20 heavy (non-hydrogen) atoms. The SMILES string of the molecule is NC(=S)c1ccc(CN2CCCN3CCCC3C2)cc1. The number of nitrogens with zero attached hydrogens (tertiary/aromatic N) is 2. The summed E-state index contributed by atoms with van der Waals surface area (Å²) in [5.74, 6) is 0. The van der Waals surface area contributed by atoms with Gasteiger partial charge >= 0.3 is 0 Å². The van der Waals surface area contributed by atoms with Gasteiger partial charge in [-0.3, -0.25) is 9.80 Å². The fourth-order valence-electron chi connectivity index (χ4n) is 3.46. The number of rotatable bonds is 3. The summed E-state index contributed by atoms with van der Waals surface area (Å²) in [6.07, 6.45) is 4.04. The quantitative estimate of drug-likeness (QED) is 0.863. The molecule has 0 bridgehead atoms. The first kappa shape index (κ1) is 14.0. The van der Waals surface area contributed by atoms with E-state index in [1.54, 1.807) is 0 Å². The van der Waals surface area contributed by atoms with Crippen LogP contribution in [0.4, 0.5) is 0 Å². The third-order valence-electron chi connectivity index (χ3n) is 4.53. The number of nitrogens with two attached hydrogens (primary N) is 1. The molecule has 2 fully saturated rings. The third kappa shape index (κ3) is 3.19. The maximum absolute atomic E-state index is 5.64. The molecule has 2 aliphatic rings. The summed E-state index contributed by atoms with van der Waals surface area (Å²) in [6.45, 7) is 6.06. The molecule has 2 aliphatic heterocycles. The first-order valence-electron chi connectivity index (χ1n) is 7.57. The summed E-state index contributed by atoms with van der Waals surface area (Å²) in [7, 11) is 0. The number of fused-ring (bicyclic) bond motifs is 1. The number of benzene rings is 1. The van der Waals surface area contributed by atoms with Gasteiger partial charge in [0.15, 0.2) is 0 Å². The molecule has 0 aromatic heterocycles. The van der Waals surface area contributed by atoms with Gasteiger partial charge in [-0.15, -0.1) is 0 Å². The van der Waals surface area contributed by atoms with Crippen LogP contribution in [0, 0.1) is 0 Å². The van der Waals surface area contributed by atoms with Gasteiger partial charge in [-0.1, -0.05) is 36.5 Å². The zero-order chi connectivity index (χ0) is 13.9. The zero-order valence-corrected chi connectivity index (χ0v) is 12.7. The summed E-state index contributed by atoms with van der Waals surface area (Å²) >= 11 is 5.00. The van der Waals surface area contributed by atoms with Crippen molar-refractivity contribution in [3.8, 4) is 0 Å². The van der Waals surface area contributed by atoms with Crippen molar-refractivity contribution in [3.05, 3.63) is 35.4 Å². The van der Waals surface area contributed by atoms with E-state index in [0.29, 0.717) is 4.99 Å². The predicted molar refractivity (Wildman–Crippen MR) is 86.8 cm³/mol. The van der Waals surface area contributed by atoms with Gasteiger partial charge in [0.25, 0.3) is 0 Å². The summed E-state index contributed by atoms with van der Waals surface area (Å²) < 4.78 is 0. The first-order valence-corrected chi connectivity index (χ1v) is 7.98. The predicted octanol–water partition coefficient (Wildman–Crippen LogP) is 1.99. The van der Waals surface area contributed by atoms with Crippen LogP contribution >= 0.6 is 12.2 Å². The second-order valence-corrected chi connectivity index (χ2v) is 6.42.